The number of unbranched alkanes of at least 4 members (excludes halogenated alkanes) is 3. The first-order valence-electron chi connectivity index (χ1n) is 7.05. The Bertz CT molecular complexity index is 316. The highest BCUT2D eigenvalue weighted by Gasteiger charge is 2.18. The molecule has 17 heavy (non-hydrogen) atoms. The highest BCUT2D eigenvalue weighted by Crippen LogP contribution is 2.26. The summed E-state index contributed by atoms with van der Waals surface area (Å²) in [6.45, 7) is 4.57. The van der Waals surface area contributed by atoms with E-state index in [4.69, 9.17) is 4.98 Å². The molecule has 1 aromatic rings. The number of nitrogens with zero attached hydrogens (tertiary/aromatic N) is 1. The highest BCUT2D eigenvalue weighted by atomic mass is 32.1. The van der Waals surface area contributed by atoms with Crippen LogP contribution < -0.4 is 5.32 Å². The molecule has 96 valence electrons. The summed E-state index contributed by atoms with van der Waals surface area (Å²) in [7, 11) is 0. The number of thiazole rings is 1. The third-order valence-corrected chi connectivity index (χ3v) is 4.56. The number of aromatic nitrogens is 1. The number of rotatable bonds is 6. The van der Waals surface area contributed by atoms with Crippen LogP contribution in [0.3, 0.4) is 0 Å². The third-order valence-electron chi connectivity index (χ3n) is 3.50. The molecular formula is C14H24N2S. The van der Waals surface area contributed by atoms with Crippen LogP contribution in [-0.2, 0) is 6.42 Å². The molecule has 0 aromatic carbocycles. The van der Waals surface area contributed by atoms with Crippen LogP contribution in [0.2, 0.25) is 0 Å². The maximum atomic E-state index is 4.81. The fourth-order valence-electron chi connectivity index (χ4n) is 2.42. The van der Waals surface area contributed by atoms with E-state index in [0.29, 0.717) is 5.92 Å². The summed E-state index contributed by atoms with van der Waals surface area (Å²) in [4.78, 5) is 4.81. The van der Waals surface area contributed by atoms with E-state index in [2.05, 4.69) is 17.6 Å². The summed E-state index contributed by atoms with van der Waals surface area (Å²) < 4.78 is 0. The van der Waals surface area contributed by atoms with E-state index in [0.717, 1.165) is 6.54 Å². The van der Waals surface area contributed by atoms with Crippen molar-refractivity contribution in [2.45, 2.75) is 57.8 Å². The van der Waals surface area contributed by atoms with Crippen molar-refractivity contribution in [1.29, 1.82) is 0 Å². The van der Waals surface area contributed by atoms with Crippen LogP contribution in [0, 0.1) is 0 Å². The molecular weight excluding hydrogens is 228 g/mol. The van der Waals surface area contributed by atoms with Crippen LogP contribution in [0.15, 0.2) is 5.38 Å². The molecule has 1 saturated heterocycles. The first-order chi connectivity index (χ1) is 8.40. The predicted molar refractivity (Wildman–Crippen MR) is 74.8 cm³/mol. The largest absolute Gasteiger partial charge is 0.316 e. The average molecular weight is 252 g/mol. The van der Waals surface area contributed by atoms with Gasteiger partial charge in [-0.1, -0.05) is 26.2 Å². The van der Waals surface area contributed by atoms with Gasteiger partial charge in [-0.15, -0.1) is 11.3 Å². The second kappa shape index (κ2) is 7.12. The van der Waals surface area contributed by atoms with Gasteiger partial charge < -0.3 is 5.32 Å². The van der Waals surface area contributed by atoms with Gasteiger partial charge in [-0.2, -0.15) is 0 Å². The van der Waals surface area contributed by atoms with Gasteiger partial charge in [-0.3, -0.25) is 0 Å². The van der Waals surface area contributed by atoms with Gasteiger partial charge in [0, 0.05) is 17.8 Å². The number of hydrogen-bond donors (Lipinski definition) is 1. The number of hydrogen-bond acceptors (Lipinski definition) is 3. The Morgan fingerprint density at radius 2 is 2.35 bits per heavy atom. The molecule has 0 spiro atoms. The van der Waals surface area contributed by atoms with Crippen molar-refractivity contribution in [3.8, 4) is 0 Å². The van der Waals surface area contributed by atoms with Crippen molar-refractivity contribution >= 4 is 11.3 Å². The van der Waals surface area contributed by atoms with Gasteiger partial charge in [0.15, 0.2) is 0 Å². The SMILES string of the molecule is CCCCCCc1csc(C2CCCNC2)n1. The summed E-state index contributed by atoms with van der Waals surface area (Å²) in [5.41, 5.74) is 1.33. The molecule has 0 radical (unpaired) electrons. The number of nitrogens with one attached hydrogen (secondary N) is 1. The summed E-state index contributed by atoms with van der Waals surface area (Å²) in [6.07, 6.45) is 9.14. The van der Waals surface area contributed by atoms with Gasteiger partial charge in [-0.25, -0.2) is 4.98 Å². The molecule has 1 unspecified atom stereocenters. The zero-order valence-corrected chi connectivity index (χ0v) is 11.7. The van der Waals surface area contributed by atoms with Gasteiger partial charge in [0.1, 0.15) is 0 Å². The zero-order valence-electron chi connectivity index (χ0n) is 10.9. The highest BCUT2D eigenvalue weighted by molar-refractivity contribution is 7.09. The Balaban J connectivity index is 1.78. The van der Waals surface area contributed by atoms with Crippen LogP contribution in [-0.4, -0.2) is 18.1 Å². The van der Waals surface area contributed by atoms with Crippen LogP contribution in [0.25, 0.3) is 0 Å². The lowest BCUT2D eigenvalue weighted by atomic mass is 10.0. The number of aryl methyl sites for hydroxylation is 1. The Morgan fingerprint density at radius 3 is 3.12 bits per heavy atom. The molecule has 0 aliphatic carbocycles. The minimum absolute atomic E-state index is 0.679. The van der Waals surface area contributed by atoms with Crippen molar-refractivity contribution in [3.63, 3.8) is 0 Å². The van der Waals surface area contributed by atoms with E-state index in [1.54, 1.807) is 0 Å². The topological polar surface area (TPSA) is 24.9 Å². The lowest BCUT2D eigenvalue weighted by molar-refractivity contribution is 0.459. The first-order valence-corrected chi connectivity index (χ1v) is 7.93. The van der Waals surface area contributed by atoms with Gasteiger partial charge in [0.05, 0.1) is 10.7 Å². The Labute approximate surface area is 109 Å². The number of piperidine rings is 1. The van der Waals surface area contributed by atoms with E-state index in [-0.39, 0.29) is 0 Å². The molecule has 2 rings (SSSR count). The van der Waals surface area contributed by atoms with E-state index >= 15 is 0 Å². The minimum Gasteiger partial charge on any atom is -0.316 e. The molecule has 2 nitrogen and oxygen atoms in total. The summed E-state index contributed by atoms with van der Waals surface area (Å²) in [6, 6.07) is 0. The second-order valence-electron chi connectivity index (χ2n) is 5.03. The average Bonchev–Trinajstić information content (AvgIpc) is 2.85. The normalized spacial score (nSPS) is 20.6. The van der Waals surface area contributed by atoms with E-state index in [1.807, 2.05) is 11.3 Å². The van der Waals surface area contributed by atoms with Crippen molar-refractivity contribution in [1.82, 2.24) is 10.3 Å². The molecule has 1 aromatic heterocycles. The van der Waals surface area contributed by atoms with Crippen molar-refractivity contribution in [2.24, 2.45) is 0 Å². The summed E-state index contributed by atoms with van der Waals surface area (Å²) in [5.74, 6) is 0.679. The Hall–Kier alpha value is -0.410. The van der Waals surface area contributed by atoms with Gasteiger partial charge >= 0.3 is 0 Å². The van der Waals surface area contributed by atoms with Crippen molar-refractivity contribution < 1.29 is 0 Å². The zero-order chi connectivity index (χ0) is 11.9. The molecule has 1 aliphatic heterocycles. The molecule has 1 aliphatic rings. The van der Waals surface area contributed by atoms with Gasteiger partial charge in [-0.05, 0) is 32.2 Å². The van der Waals surface area contributed by atoms with E-state index in [9.17, 15) is 0 Å². The van der Waals surface area contributed by atoms with Gasteiger partial charge in [0.25, 0.3) is 0 Å². The molecule has 1 fully saturated rings. The monoisotopic (exact) mass is 252 g/mol. The maximum absolute atomic E-state index is 4.81. The third kappa shape index (κ3) is 4.07. The molecule has 1 atom stereocenters. The Morgan fingerprint density at radius 1 is 1.41 bits per heavy atom. The molecule has 0 amide bonds. The Kier molecular flexibility index (Phi) is 5.46. The fourth-order valence-corrected chi connectivity index (χ4v) is 3.41. The fraction of sp³-hybridized carbons (Fsp3) is 0.786. The van der Waals surface area contributed by atoms with Gasteiger partial charge in [0.2, 0.25) is 0 Å². The quantitative estimate of drug-likeness (QED) is 0.780. The van der Waals surface area contributed by atoms with Crippen molar-refractivity contribution in [3.05, 3.63) is 16.1 Å². The molecule has 3 heteroatoms. The van der Waals surface area contributed by atoms with Crippen LogP contribution in [0.5, 0.6) is 0 Å². The predicted octanol–water partition coefficient (Wildman–Crippen LogP) is 3.73. The van der Waals surface area contributed by atoms with Crippen LogP contribution in [0.4, 0.5) is 0 Å². The maximum Gasteiger partial charge on any atom is 0.0971 e. The molecule has 0 bridgehead atoms. The first kappa shape index (κ1) is 13.0. The van der Waals surface area contributed by atoms with Crippen LogP contribution in [0.1, 0.15) is 62.1 Å². The molecule has 0 saturated carbocycles. The van der Waals surface area contributed by atoms with E-state index in [1.165, 1.54) is 62.2 Å². The lowest BCUT2D eigenvalue weighted by Crippen LogP contribution is -2.28. The lowest BCUT2D eigenvalue weighted by Gasteiger charge is -2.20. The van der Waals surface area contributed by atoms with Crippen LogP contribution >= 0.6 is 11.3 Å². The van der Waals surface area contributed by atoms with E-state index < -0.39 is 0 Å². The summed E-state index contributed by atoms with van der Waals surface area (Å²) in [5, 5.41) is 7.11. The molecule has 2 heterocycles. The minimum atomic E-state index is 0.679. The second-order valence-corrected chi connectivity index (χ2v) is 5.92. The van der Waals surface area contributed by atoms with Crippen molar-refractivity contribution in [2.75, 3.05) is 13.1 Å². The smallest absolute Gasteiger partial charge is 0.0971 e. The summed E-state index contributed by atoms with van der Waals surface area (Å²) >= 11 is 1.87. The standard InChI is InChI=1S/C14H24N2S/c1-2-3-4-5-8-13-11-17-14(16-13)12-7-6-9-15-10-12/h11-12,15H,2-10H2,1H3. The molecule has 1 N–H and O–H groups in total.